The number of nitrogens with two attached hydrogens (primary N) is 1. The van der Waals surface area contributed by atoms with Crippen LogP contribution in [0.25, 0.3) is 0 Å². The predicted molar refractivity (Wildman–Crippen MR) is 60.5 cm³/mol. The molecule has 0 bridgehead atoms. The molecule has 1 heterocycles. The monoisotopic (exact) mass is 190 g/mol. The Bertz CT molecular complexity index is 284. The number of para-hydroxylation sites is 1. The molecule has 1 saturated heterocycles. The molecule has 0 spiro atoms. The van der Waals surface area contributed by atoms with Crippen LogP contribution in [0.5, 0.6) is 0 Å². The zero-order chi connectivity index (χ0) is 9.97. The average Bonchev–Trinajstić information content (AvgIpc) is 2.19. The van der Waals surface area contributed by atoms with Crippen molar-refractivity contribution in [1.29, 1.82) is 0 Å². The van der Waals surface area contributed by atoms with Gasteiger partial charge in [-0.25, -0.2) is 0 Å². The summed E-state index contributed by atoms with van der Waals surface area (Å²) in [6, 6.07) is 11.6. The second-order valence-corrected chi connectivity index (χ2v) is 4.16. The second kappa shape index (κ2) is 4.01. The number of hydrogen-bond acceptors (Lipinski definition) is 2. The molecule has 0 saturated carbocycles. The lowest BCUT2D eigenvalue weighted by molar-refractivity contribution is 0.430. The van der Waals surface area contributed by atoms with E-state index < -0.39 is 0 Å². The van der Waals surface area contributed by atoms with Crippen molar-refractivity contribution in [3.05, 3.63) is 30.3 Å². The summed E-state index contributed by atoms with van der Waals surface area (Å²) in [4.78, 5) is 2.45. The molecule has 14 heavy (non-hydrogen) atoms. The van der Waals surface area contributed by atoms with Crippen molar-refractivity contribution < 1.29 is 0 Å². The summed E-state index contributed by atoms with van der Waals surface area (Å²) < 4.78 is 0. The number of benzene rings is 1. The average molecular weight is 190 g/mol. The fourth-order valence-corrected chi connectivity index (χ4v) is 2.21. The molecular weight excluding hydrogens is 172 g/mol. The van der Waals surface area contributed by atoms with Gasteiger partial charge in [-0.15, -0.1) is 0 Å². The van der Waals surface area contributed by atoms with Gasteiger partial charge in [-0.2, -0.15) is 0 Å². The van der Waals surface area contributed by atoms with E-state index in [9.17, 15) is 0 Å². The maximum absolute atomic E-state index is 5.94. The minimum atomic E-state index is 0.393. The van der Waals surface area contributed by atoms with Gasteiger partial charge in [0.2, 0.25) is 0 Å². The van der Waals surface area contributed by atoms with Gasteiger partial charge >= 0.3 is 0 Å². The van der Waals surface area contributed by atoms with E-state index in [0.717, 1.165) is 19.4 Å². The molecule has 76 valence electrons. The van der Waals surface area contributed by atoms with Crippen LogP contribution in [0.15, 0.2) is 30.3 Å². The highest BCUT2D eigenvalue weighted by atomic mass is 15.2. The predicted octanol–water partition coefficient (Wildman–Crippen LogP) is 2.00. The van der Waals surface area contributed by atoms with Gasteiger partial charge in [0.1, 0.15) is 0 Å². The summed E-state index contributed by atoms with van der Waals surface area (Å²) in [5, 5.41) is 0. The number of rotatable bonds is 1. The summed E-state index contributed by atoms with van der Waals surface area (Å²) in [6.07, 6.45) is 2.22. The molecule has 0 aliphatic carbocycles. The Hall–Kier alpha value is -1.02. The van der Waals surface area contributed by atoms with Crippen LogP contribution in [0, 0.1) is 0 Å². The first-order valence-corrected chi connectivity index (χ1v) is 5.34. The Balaban J connectivity index is 2.12. The summed E-state index contributed by atoms with van der Waals surface area (Å²) in [6.45, 7) is 3.35. The van der Waals surface area contributed by atoms with Crippen molar-refractivity contribution in [3.8, 4) is 0 Å². The summed E-state index contributed by atoms with van der Waals surface area (Å²) in [5.74, 6) is 0. The molecule has 1 aliphatic heterocycles. The van der Waals surface area contributed by atoms with Crippen molar-refractivity contribution >= 4 is 5.69 Å². The van der Waals surface area contributed by atoms with E-state index in [0.29, 0.717) is 12.1 Å². The molecule has 2 nitrogen and oxygen atoms in total. The molecule has 1 aromatic rings. The fourth-order valence-electron chi connectivity index (χ4n) is 2.21. The van der Waals surface area contributed by atoms with E-state index >= 15 is 0 Å². The van der Waals surface area contributed by atoms with Gasteiger partial charge in [0.25, 0.3) is 0 Å². The first-order chi connectivity index (χ1) is 6.77. The molecule has 2 rings (SSSR count). The van der Waals surface area contributed by atoms with Crippen molar-refractivity contribution in [2.75, 3.05) is 11.4 Å². The van der Waals surface area contributed by atoms with Crippen LogP contribution in [0.2, 0.25) is 0 Å². The largest absolute Gasteiger partial charge is 0.369 e. The van der Waals surface area contributed by atoms with Crippen LogP contribution in [-0.4, -0.2) is 18.6 Å². The maximum atomic E-state index is 5.94. The summed E-state index contributed by atoms with van der Waals surface area (Å²) in [7, 11) is 0. The van der Waals surface area contributed by atoms with Crippen molar-refractivity contribution in [3.63, 3.8) is 0 Å². The lowest BCUT2D eigenvalue weighted by atomic mass is 9.98. The van der Waals surface area contributed by atoms with Gasteiger partial charge < -0.3 is 10.6 Å². The zero-order valence-corrected chi connectivity index (χ0v) is 8.69. The molecule has 1 fully saturated rings. The lowest BCUT2D eigenvalue weighted by Gasteiger charge is -2.38. The molecule has 2 heteroatoms. The van der Waals surface area contributed by atoms with Gasteiger partial charge in [0.15, 0.2) is 0 Å². The van der Waals surface area contributed by atoms with E-state index in [4.69, 9.17) is 5.73 Å². The maximum Gasteiger partial charge on any atom is 0.0368 e. The van der Waals surface area contributed by atoms with E-state index in [1.54, 1.807) is 0 Å². The SMILES string of the molecule is CC1CC(N)CCN1c1ccccc1. The third kappa shape index (κ3) is 1.90. The van der Waals surface area contributed by atoms with Crippen LogP contribution in [0.3, 0.4) is 0 Å². The first kappa shape index (κ1) is 9.53. The van der Waals surface area contributed by atoms with Gasteiger partial charge in [0, 0.05) is 24.3 Å². The highest BCUT2D eigenvalue weighted by Gasteiger charge is 2.22. The Morgan fingerprint density at radius 1 is 1.29 bits per heavy atom. The molecule has 1 aliphatic rings. The normalized spacial score (nSPS) is 27.7. The van der Waals surface area contributed by atoms with Crippen molar-refractivity contribution in [1.82, 2.24) is 0 Å². The van der Waals surface area contributed by atoms with Gasteiger partial charge in [-0.05, 0) is 31.9 Å². The second-order valence-electron chi connectivity index (χ2n) is 4.16. The number of nitrogens with zero attached hydrogens (tertiary/aromatic N) is 1. The van der Waals surface area contributed by atoms with E-state index in [1.807, 2.05) is 0 Å². The smallest absolute Gasteiger partial charge is 0.0368 e. The van der Waals surface area contributed by atoms with Gasteiger partial charge in [-0.1, -0.05) is 18.2 Å². The number of piperidine rings is 1. The molecule has 2 N–H and O–H groups in total. The third-order valence-electron chi connectivity index (χ3n) is 3.00. The Kier molecular flexibility index (Phi) is 2.73. The Morgan fingerprint density at radius 2 is 2.00 bits per heavy atom. The third-order valence-corrected chi connectivity index (χ3v) is 3.00. The Labute approximate surface area is 85.7 Å². The van der Waals surface area contributed by atoms with Crippen molar-refractivity contribution in [2.24, 2.45) is 5.73 Å². The quantitative estimate of drug-likeness (QED) is 0.734. The molecule has 0 aromatic heterocycles. The van der Waals surface area contributed by atoms with Crippen LogP contribution in [-0.2, 0) is 0 Å². The number of anilines is 1. The number of hydrogen-bond donors (Lipinski definition) is 1. The van der Waals surface area contributed by atoms with Gasteiger partial charge in [0.05, 0.1) is 0 Å². The fraction of sp³-hybridized carbons (Fsp3) is 0.500. The standard InChI is InChI=1S/C12H18N2/c1-10-9-11(13)7-8-14(10)12-5-3-2-4-6-12/h2-6,10-11H,7-9,13H2,1H3. The van der Waals surface area contributed by atoms with Crippen LogP contribution >= 0.6 is 0 Å². The van der Waals surface area contributed by atoms with E-state index in [1.165, 1.54) is 5.69 Å². The highest BCUT2D eigenvalue weighted by Crippen LogP contribution is 2.23. The molecule has 2 atom stereocenters. The van der Waals surface area contributed by atoms with Crippen LogP contribution in [0.4, 0.5) is 5.69 Å². The van der Waals surface area contributed by atoms with E-state index in [-0.39, 0.29) is 0 Å². The summed E-state index contributed by atoms with van der Waals surface area (Å²) in [5.41, 5.74) is 7.26. The molecule has 0 amide bonds. The van der Waals surface area contributed by atoms with Gasteiger partial charge in [-0.3, -0.25) is 0 Å². The van der Waals surface area contributed by atoms with E-state index in [2.05, 4.69) is 42.2 Å². The topological polar surface area (TPSA) is 29.3 Å². The van der Waals surface area contributed by atoms with Crippen LogP contribution < -0.4 is 10.6 Å². The van der Waals surface area contributed by atoms with Crippen molar-refractivity contribution in [2.45, 2.75) is 31.8 Å². The lowest BCUT2D eigenvalue weighted by Crippen LogP contribution is -2.45. The minimum Gasteiger partial charge on any atom is -0.369 e. The molecule has 0 radical (unpaired) electrons. The van der Waals surface area contributed by atoms with Crippen LogP contribution in [0.1, 0.15) is 19.8 Å². The molecule has 1 aromatic carbocycles. The molecule has 2 unspecified atom stereocenters. The zero-order valence-electron chi connectivity index (χ0n) is 8.69. The molecular formula is C12H18N2. The minimum absolute atomic E-state index is 0.393. The first-order valence-electron chi connectivity index (χ1n) is 5.34. The highest BCUT2D eigenvalue weighted by molar-refractivity contribution is 5.47. The summed E-state index contributed by atoms with van der Waals surface area (Å²) >= 11 is 0. The Morgan fingerprint density at radius 3 is 2.64 bits per heavy atom.